The van der Waals surface area contributed by atoms with Crippen molar-refractivity contribution in [3.8, 4) is 0 Å². The number of Topliss-reactive ketones (excluding diaryl/α,β-unsaturated/α-hetero) is 2. The Morgan fingerprint density at radius 3 is 1.69 bits per heavy atom. The Morgan fingerprint density at radius 2 is 1.31 bits per heavy atom. The van der Waals surface area contributed by atoms with Crippen LogP contribution in [0.2, 0.25) is 0 Å². The molecular weight excluding hydrogens is 200 g/mol. The summed E-state index contributed by atoms with van der Waals surface area (Å²) in [6.45, 7) is 2.13. The van der Waals surface area contributed by atoms with E-state index in [1.807, 2.05) is 0 Å². The van der Waals surface area contributed by atoms with Gasteiger partial charge in [-0.25, -0.2) is 0 Å². The molecule has 2 aliphatic carbocycles. The second-order valence-electron chi connectivity index (χ2n) is 5.50. The van der Waals surface area contributed by atoms with Crippen molar-refractivity contribution < 1.29 is 9.59 Å². The third kappa shape index (κ3) is 2.36. The second kappa shape index (κ2) is 5.11. The van der Waals surface area contributed by atoms with Gasteiger partial charge in [0.1, 0.15) is 11.6 Å². The topological polar surface area (TPSA) is 34.1 Å². The molecule has 0 aromatic carbocycles. The summed E-state index contributed by atoms with van der Waals surface area (Å²) in [6.07, 6.45) is 7.98. The molecule has 2 rings (SSSR count). The normalized spacial score (nSPS) is 33.8. The van der Waals surface area contributed by atoms with E-state index in [0.717, 1.165) is 38.5 Å². The Morgan fingerprint density at radius 1 is 0.875 bits per heavy atom. The lowest BCUT2D eigenvalue weighted by Gasteiger charge is -2.33. The van der Waals surface area contributed by atoms with Gasteiger partial charge in [-0.3, -0.25) is 9.59 Å². The molecule has 2 saturated carbocycles. The molecule has 2 fully saturated rings. The van der Waals surface area contributed by atoms with Crippen molar-refractivity contribution in [3.05, 3.63) is 0 Å². The van der Waals surface area contributed by atoms with E-state index in [4.69, 9.17) is 0 Å². The van der Waals surface area contributed by atoms with Crippen molar-refractivity contribution in [2.24, 2.45) is 17.8 Å². The minimum atomic E-state index is 0.181. The number of ketones is 2. The second-order valence-corrected chi connectivity index (χ2v) is 5.50. The first kappa shape index (κ1) is 11.8. The van der Waals surface area contributed by atoms with Crippen LogP contribution in [-0.2, 0) is 9.59 Å². The zero-order chi connectivity index (χ0) is 11.5. The molecule has 2 unspecified atom stereocenters. The monoisotopic (exact) mass is 222 g/mol. The van der Waals surface area contributed by atoms with Crippen LogP contribution < -0.4 is 0 Å². The molecule has 2 atom stereocenters. The van der Waals surface area contributed by atoms with Gasteiger partial charge in [0.15, 0.2) is 0 Å². The van der Waals surface area contributed by atoms with Crippen molar-refractivity contribution in [2.75, 3.05) is 0 Å². The van der Waals surface area contributed by atoms with Crippen molar-refractivity contribution in [2.45, 2.75) is 58.3 Å². The Balaban J connectivity index is 2.01. The lowest BCUT2D eigenvalue weighted by atomic mass is 9.69. The molecule has 0 aromatic heterocycles. The molecule has 2 nitrogen and oxygen atoms in total. The highest BCUT2D eigenvalue weighted by Gasteiger charge is 2.36. The molecule has 0 N–H and O–H groups in total. The largest absolute Gasteiger partial charge is 0.299 e. The highest BCUT2D eigenvalue weighted by atomic mass is 16.1. The predicted octanol–water partition coefficient (Wildman–Crippen LogP) is 3.14. The van der Waals surface area contributed by atoms with E-state index in [9.17, 15) is 9.59 Å². The third-order valence-electron chi connectivity index (χ3n) is 4.47. The fourth-order valence-corrected chi connectivity index (χ4v) is 3.41. The van der Waals surface area contributed by atoms with E-state index in [0.29, 0.717) is 17.5 Å². The zero-order valence-corrected chi connectivity index (χ0v) is 10.2. The fraction of sp³-hybridized carbons (Fsp3) is 0.857. The van der Waals surface area contributed by atoms with E-state index in [1.165, 1.54) is 12.8 Å². The number of hydrogen-bond donors (Lipinski definition) is 0. The van der Waals surface area contributed by atoms with Crippen LogP contribution in [0.25, 0.3) is 0 Å². The molecule has 0 saturated heterocycles. The smallest absolute Gasteiger partial charge is 0.136 e. The Kier molecular flexibility index (Phi) is 3.78. The van der Waals surface area contributed by atoms with Crippen molar-refractivity contribution in [1.29, 1.82) is 0 Å². The van der Waals surface area contributed by atoms with Gasteiger partial charge in [0, 0.05) is 24.7 Å². The van der Waals surface area contributed by atoms with Gasteiger partial charge in [-0.15, -0.1) is 0 Å². The van der Waals surface area contributed by atoms with Gasteiger partial charge in [0.05, 0.1) is 0 Å². The SMILES string of the molecule is CC(C1CCCCC1=O)C1CCCCC1=O. The molecular formula is C14H22O2. The maximum Gasteiger partial charge on any atom is 0.136 e. The van der Waals surface area contributed by atoms with E-state index in [2.05, 4.69) is 6.92 Å². The molecule has 0 amide bonds. The molecule has 0 bridgehead atoms. The molecule has 2 heteroatoms. The summed E-state index contributed by atoms with van der Waals surface area (Å²) in [6, 6.07) is 0. The summed E-state index contributed by atoms with van der Waals surface area (Å²) >= 11 is 0. The standard InChI is InChI=1S/C14H22O2/c1-10(11-6-2-4-8-13(11)15)12-7-3-5-9-14(12)16/h10-12H,2-9H2,1H3. The molecule has 90 valence electrons. The average Bonchev–Trinajstić information content (AvgIpc) is 2.29. The summed E-state index contributed by atoms with van der Waals surface area (Å²) in [5, 5.41) is 0. The van der Waals surface area contributed by atoms with Gasteiger partial charge < -0.3 is 0 Å². The first-order valence-corrected chi connectivity index (χ1v) is 6.75. The summed E-state index contributed by atoms with van der Waals surface area (Å²) in [7, 11) is 0. The summed E-state index contributed by atoms with van der Waals surface area (Å²) < 4.78 is 0. The molecule has 0 heterocycles. The first-order valence-electron chi connectivity index (χ1n) is 6.75. The Hall–Kier alpha value is -0.660. The lowest BCUT2D eigenvalue weighted by molar-refractivity contribution is -0.131. The van der Waals surface area contributed by atoms with Gasteiger partial charge in [0.25, 0.3) is 0 Å². The average molecular weight is 222 g/mol. The van der Waals surface area contributed by atoms with E-state index in [1.54, 1.807) is 0 Å². The lowest BCUT2D eigenvalue weighted by Crippen LogP contribution is -2.35. The molecule has 16 heavy (non-hydrogen) atoms. The number of hydrogen-bond acceptors (Lipinski definition) is 2. The van der Waals surface area contributed by atoms with Crippen LogP contribution in [0, 0.1) is 17.8 Å². The van der Waals surface area contributed by atoms with Gasteiger partial charge in [-0.2, -0.15) is 0 Å². The third-order valence-corrected chi connectivity index (χ3v) is 4.47. The highest BCUT2D eigenvalue weighted by molar-refractivity contribution is 5.85. The zero-order valence-electron chi connectivity index (χ0n) is 10.2. The van der Waals surface area contributed by atoms with E-state index >= 15 is 0 Å². The maximum absolute atomic E-state index is 11.9. The van der Waals surface area contributed by atoms with Crippen molar-refractivity contribution >= 4 is 11.6 Å². The summed E-state index contributed by atoms with van der Waals surface area (Å²) in [5.74, 6) is 1.48. The van der Waals surface area contributed by atoms with Crippen LogP contribution in [0.4, 0.5) is 0 Å². The van der Waals surface area contributed by atoms with Crippen LogP contribution in [-0.4, -0.2) is 11.6 Å². The molecule has 2 aliphatic rings. The van der Waals surface area contributed by atoms with Gasteiger partial charge in [-0.05, 0) is 31.6 Å². The van der Waals surface area contributed by atoms with Crippen molar-refractivity contribution in [1.82, 2.24) is 0 Å². The van der Waals surface area contributed by atoms with Crippen LogP contribution in [0.1, 0.15) is 58.3 Å². The molecule has 0 aromatic rings. The highest BCUT2D eigenvalue weighted by Crippen LogP contribution is 2.36. The summed E-state index contributed by atoms with van der Waals surface area (Å²) in [4.78, 5) is 23.7. The van der Waals surface area contributed by atoms with Crippen LogP contribution in [0.3, 0.4) is 0 Å². The Bertz CT molecular complexity index is 254. The van der Waals surface area contributed by atoms with Gasteiger partial charge in [-0.1, -0.05) is 19.8 Å². The van der Waals surface area contributed by atoms with Crippen LogP contribution >= 0.6 is 0 Å². The molecule has 0 spiro atoms. The fourth-order valence-electron chi connectivity index (χ4n) is 3.41. The maximum atomic E-state index is 11.9. The Labute approximate surface area is 97.8 Å². The van der Waals surface area contributed by atoms with Crippen molar-refractivity contribution in [3.63, 3.8) is 0 Å². The van der Waals surface area contributed by atoms with E-state index < -0.39 is 0 Å². The summed E-state index contributed by atoms with van der Waals surface area (Å²) in [5.41, 5.74) is 0. The van der Waals surface area contributed by atoms with Gasteiger partial charge >= 0.3 is 0 Å². The first-order chi connectivity index (χ1) is 7.70. The molecule has 0 radical (unpaired) electrons. The van der Waals surface area contributed by atoms with Crippen LogP contribution in [0.5, 0.6) is 0 Å². The molecule has 0 aliphatic heterocycles. The number of carbonyl (C=O) groups is 2. The quantitative estimate of drug-likeness (QED) is 0.719. The van der Waals surface area contributed by atoms with E-state index in [-0.39, 0.29) is 11.8 Å². The minimum Gasteiger partial charge on any atom is -0.299 e. The number of carbonyl (C=O) groups excluding carboxylic acids is 2. The predicted molar refractivity (Wildman–Crippen MR) is 63.1 cm³/mol. The number of rotatable bonds is 2. The van der Waals surface area contributed by atoms with Gasteiger partial charge in [0.2, 0.25) is 0 Å². The minimum absolute atomic E-state index is 0.181. The van der Waals surface area contributed by atoms with Crippen LogP contribution in [0.15, 0.2) is 0 Å².